The van der Waals surface area contributed by atoms with Gasteiger partial charge in [0.25, 0.3) is 0 Å². The second kappa shape index (κ2) is 8.75. The summed E-state index contributed by atoms with van der Waals surface area (Å²) in [6, 6.07) is 7.79. The van der Waals surface area contributed by atoms with E-state index in [2.05, 4.69) is 15.1 Å². The molecule has 172 valence electrons. The van der Waals surface area contributed by atoms with Crippen LogP contribution in [0, 0.1) is 12.7 Å². The number of hydrogen-bond donors (Lipinski definition) is 3. The van der Waals surface area contributed by atoms with Crippen LogP contribution in [0.15, 0.2) is 47.4 Å². The molecule has 5 rings (SSSR count). The van der Waals surface area contributed by atoms with Gasteiger partial charge < -0.3 is 29.8 Å². The number of aryl methyl sites for hydroxylation is 1. The van der Waals surface area contributed by atoms with Gasteiger partial charge in [0, 0.05) is 28.8 Å². The van der Waals surface area contributed by atoms with Crippen LogP contribution < -0.4 is 5.73 Å². The molecule has 9 nitrogen and oxygen atoms in total. The van der Waals surface area contributed by atoms with Crippen LogP contribution in [-0.4, -0.2) is 54.0 Å². The first kappa shape index (κ1) is 21.8. The maximum atomic E-state index is 13.3. The Hall–Kier alpha value is -2.99. The maximum absolute atomic E-state index is 13.3. The van der Waals surface area contributed by atoms with E-state index in [4.69, 9.17) is 15.0 Å². The average molecular weight is 472 g/mol. The van der Waals surface area contributed by atoms with Crippen molar-refractivity contribution in [1.29, 1.82) is 0 Å². The number of ether oxygens (including phenoxy) is 1. The molecule has 0 unspecified atom stereocenters. The third-order valence-corrected chi connectivity index (χ3v) is 6.83. The maximum Gasteiger partial charge on any atom is 0.171 e. The largest absolute Gasteiger partial charge is 0.387 e. The summed E-state index contributed by atoms with van der Waals surface area (Å²) in [6.45, 7) is 1.85. The minimum absolute atomic E-state index is 0.323. The molecule has 0 aliphatic carbocycles. The molecule has 33 heavy (non-hydrogen) atoms. The molecule has 11 heteroatoms. The smallest absolute Gasteiger partial charge is 0.171 e. The molecule has 1 aliphatic heterocycles. The number of nitrogens with two attached hydrogens (primary N) is 1. The van der Waals surface area contributed by atoms with Gasteiger partial charge in [-0.2, -0.15) is 11.8 Å². The minimum atomic E-state index is -1.13. The number of anilines is 1. The van der Waals surface area contributed by atoms with Gasteiger partial charge in [0.15, 0.2) is 12.0 Å². The molecule has 0 bridgehead atoms. The first-order valence-electron chi connectivity index (χ1n) is 10.3. The zero-order valence-electron chi connectivity index (χ0n) is 17.6. The van der Waals surface area contributed by atoms with Crippen LogP contribution in [0.1, 0.15) is 17.5 Å². The molecule has 4 atom stereocenters. The molecule has 4 aromatic rings. The highest BCUT2D eigenvalue weighted by molar-refractivity contribution is 7.98. The van der Waals surface area contributed by atoms with Crippen molar-refractivity contribution in [3.63, 3.8) is 0 Å². The summed E-state index contributed by atoms with van der Waals surface area (Å²) in [4.78, 5) is 8.20. The van der Waals surface area contributed by atoms with Crippen LogP contribution in [-0.2, 0) is 10.5 Å². The van der Waals surface area contributed by atoms with Gasteiger partial charge in [0.2, 0.25) is 0 Å². The fourth-order valence-corrected chi connectivity index (χ4v) is 5.13. The van der Waals surface area contributed by atoms with Crippen LogP contribution in [0.25, 0.3) is 22.4 Å². The first-order valence-corrected chi connectivity index (χ1v) is 11.5. The van der Waals surface area contributed by atoms with Crippen LogP contribution in [0.2, 0.25) is 0 Å². The Kier molecular flexibility index (Phi) is 5.79. The molecule has 0 saturated carbocycles. The van der Waals surface area contributed by atoms with E-state index in [0.717, 1.165) is 16.8 Å². The van der Waals surface area contributed by atoms with Gasteiger partial charge in [-0.25, -0.2) is 14.4 Å². The zero-order chi connectivity index (χ0) is 23.1. The second-order valence-corrected chi connectivity index (χ2v) is 8.89. The molecule has 0 radical (unpaired) electrons. The monoisotopic (exact) mass is 471 g/mol. The Morgan fingerprint density at radius 3 is 2.73 bits per heavy atom. The fourth-order valence-electron chi connectivity index (χ4n) is 3.96. The summed E-state index contributed by atoms with van der Waals surface area (Å²) < 4.78 is 26.4. The molecular formula is C22H22FN5O4S. The Morgan fingerprint density at radius 1 is 1.15 bits per heavy atom. The number of nitrogen functional groups attached to an aromatic ring is 1. The van der Waals surface area contributed by atoms with Crippen molar-refractivity contribution < 1.29 is 23.9 Å². The summed E-state index contributed by atoms with van der Waals surface area (Å²) in [6.07, 6.45) is -0.542. The summed E-state index contributed by atoms with van der Waals surface area (Å²) in [5, 5.41) is 25.9. The number of benzene rings is 1. The number of thioether (sulfide) groups is 1. The Balaban J connectivity index is 1.28. The van der Waals surface area contributed by atoms with Crippen molar-refractivity contribution in [2.24, 2.45) is 0 Å². The quantitative estimate of drug-likeness (QED) is 0.388. The number of aromatic nitrogens is 4. The fraction of sp³-hybridized carbons (Fsp3) is 0.318. The number of fused-ring (bicyclic) bond motifs is 1. The molecule has 3 aromatic heterocycles. The van der Waals surface area contributed by atoms with Crippen molar-refractivity contribution >= 4 is 28.6 Å². The third-order valence-electron chi connectivity index (χ3n) is 5.77. The topological polar surface area (TPSA) is 132 Å². The Morgan fingerprint density at radius 2 is 1.94 bits per heavy atom. The van der Waals surface area contributed by atoms with Gasteiger partial charge in [-0.05, 0) is 37.3 Å². The number of hydrogen-bond acceptors (Lipinski definition) is 9. The SMILES string of the molecule is Cc1noc(-c2ccc(F)cc2)c1CSC[C@H]1O[C@@H](n2ccc3c(N)ncnc32)[C@H](O)[C@@H]1O. The van der Waals surface area contributed by atoms with Gasteiger partial charge in [0.05, 0.1) is 17.2 Å². The van der Waals surface area contributed by atoms with Gasteiger partial charge >= 0.3 is 0 Å². The van der Waals surface area contributed by atoms with E-state index >= 15 is 0 Å². The number of rotatable bonds is 6. The highest BCUT2D eigenvalue weighted by Crippen LogP contribution is 2.35. The van der Waals surface area contributed by atoms with Gasteiger partial charge in [-0.1, -0.05) is 5.16 Å². The number of nitrogens with zero attached hydrogens (tertiary/aromatic N) is 4. The minimum Gasteiger partial charge on any atom is -0.387 e. The predicted octanol–water partition coefficient (Wildman–Crippen LogP) is 2.67. The predicted molar refractivity (Wildman–Crippen MR) is 121 cm³/mol. The Bertz CT molecular complexity index is 1280. The lowest BCUT2D eigenvalue weighted by Crippen LogP contribution is -2.32. The molecule has 1 aromatic carbocycles. The summed E-state index contributed by atoms with van der Waals surface area (Å²) in [5.74, 6) is 1.57. The molecule has 1 saturated heterocycles. The van der Waals surface area contributed by atoms with Crippen molar-refractivity contribution in [1.82, 2.24) is 19.7 Å². The third kappa shape index (κ3) is 3.97. The lowest BCUT2D eigenvalue weighted by molar-refractivity contribution is -0.0285. The van der Waals surface area contributed by atoms with Crippen LogP contribution in [0.5, 0.6) is 0 Å². The molecule has 0 amide bonds. The highest BCUT2D eigenvalue weighted by atomic mass is 32.2. The van der Waals surface area contributed by atoms with Gasteiger partial charge in [-0.3, -0.25) is 0 Å². The van der Waals surface area contributed by atoms with E-state index in [-0.39, 0.29) is 5.82 Å². The van der Waals surface area contributed by atoms with Crippen molar-refractivity contribution in [2.45, 2.75) is 37.2 Å². The second-order valence-electron chi connectivity index (χ2n) is 7.86. The lowest BCUT2D eigenvalue weighted by Gasteiger charge is -2.17. The van der Waals surface area contributed by atoms with Crippen molar-refractivity contribution in [3.8, 4) is 11.3 Å². The van der Waals surface area contributed by atoms with E-state index in [0.29, 0.717) is 34.1 Å². The number of aliphatic hydroxyl groups excluding tert-OH is 2. The first-order chi connectivity index (χ1) is 15.9. The summed E-state index contributed by atoms with van der Waals surface area (Å²) in [5.41, 5.74) is 8.78. The van der Waals surface area contributed by atoms with Gasteiger partial charge in [0.1, 0.15) is 35.8 Å². The standard InChI is InChI=1S/C22H22FN5O4S/c1-11-15(19(32-27-11)12-2-4-13(23)5-3-12)8-33-9-16-17(29)18(30)22(31-16)28-7-6-14-20(24)25-10-26-21(14)28/h2-7,10,16-18,22,29-30H,8-9H2,1H3,(H2,24,25,26)/t16-,17-,18-,22-/m1/s1. The molecule has 4 heterocycles. The molecule has 0 spiro atoms. The molecule has 4 N–H and O–H groups in total. The molecular weight excluding hydrogens is 449 g/mol. The van der Waals surface area contributed by atoms with Crippen LogP contribution in [0.3, 0.4) is 0 Å². The highest BCUT2D eigenvalue weighted by Gasteiger charge is 2.44. The average Bonchev–Trinajstić information content (AvgIpc) is 3.47. The number of aliphatic hydroxyl groups is 2. The van der Waals surface area contributed by atoms with E-state index < -0.39 is 24.5 Å². The molecule has 1 fully saturated rings. The van der Waals surface area contributed by atoms with Crippen molar-refractivity contribution in [2.75, 3.05) is 11.5 Å². The van der Waals surface area contributed by atoms with Gasteiger partial charge in [-0.15, -0.1) is 0 Å². The van der Waals surface area contributed by atoms with E-state index in [9.17, 15) is 14.6 Å². The van der Waals surface area contributed by atoms with Crippen LogP contribution >= 0.6 is 11.8 Å². The van der Waals surface area contributed by atoms with E-state index in [1.807, 2.05) is 6.92 Å². The Labute approximate surface area is 192 Å². The molecule has 1 aliphatic rings. The van der Waals surface area contributed by atoms with E-state index in [1.165, 1.54) is 30.2 Å². The summed E-state index contributed by atoms with van der Waals surface area (Å²) in [7, 11) is 0. The normalized spacial score (nSPS) is 22.9. The van der Waals surface area contributed by atoms with Crippen molar-refractivity contribution in [3.05, 3.63) is 59.9 Å². The number of halogens is 1. The zero-order valence-corrected chi connectivity index (χ0v) is 18.4. The van der Waals surface area contributed by atoms with Crippen LogP contribution in [0.4, 0.5) is 10.2 Å². The summed E-state index contributed by atoms with van der Waals surface area (Å²) >= 11 is 1.52. The van der Waals surface area contributed by atoms with E-state index in [1.54, 1.807) is 29.0 Å². The lowest BCUT2D eigenvalue weighted by atomic mass is 10.1.